The molecule has 0 N–H and O–H groups in total. The van der Waals surface area contributed by atoms with Crippen molar-refractivity contribution in [2.75, 3.05) is 0 Å². The third-order valence-corrected chi connectivity index (χ3v) is 5.79. The van der Waals surface area contributed by atoms with Crippen LogP contribution < -0.4 is 0 Å². The van der Waals surface area contributed by atoms with Crippen molar-refractivity contribution in [1.29, 1.82) is 0 Å². The maximum absolute atomic E-state index is 12.6. The number of hydrogen-bond acceptors (Lipinski definition) is 1. The molecule has 0 radical (unpaired) electrons. The molecular formula is C18H34O. The Morgan fingerprint density at radius 1 is 1.26 bits per heavy atom. The molecule has 0 bridgehead atoms. The van der Waals surface area contributed by atoms with Crippen LogP contribution in [0.4, 0.5) is 0 Å². The number of rotatable bonds is 6. The molecule has 0 spiro atoms. The lowest BCUT2D eigenvalue weighted by molar-refractivity contribution is -0.143. The smallest absolute Gasteiger partial charge is 0.136 e. The molecule has 0 saturated heterocycles. The van der Waals surface area contributed by atoms with Crippen molar-refractivity contribution in [2.45, 2.75) is 80.1 Å². The number of hydrogen-bond donors (Lipinski definition) is 0. The van der Waals surface area contributed by atoms with Gasteiger partial charge in [0.1, 0.15) is 5.78 Å². The van der Waals surface area contributed by atoms with Crippen LogP contribution in [-0.2, 0) is 4.79 Å². The van der Waals surface area contributed by atoms with E-state index in [4.69, 9.17) is 0 Å². The molecule has 1 fully saturated rings. The van der Waals surface area contributed by atoms with Gasteiger partial charge in [0.15, 0.2) is 0 Å². The van der Waals surface area contributed by atoms with Crippen LogP contribution in [0.15, 0.2) is 0 Å². The number of carbonyl (C=O) groups excluding carboxylic acids is 1. The first-order valence-electron chi connectivity index (χ1n) is 8.42. The van der Waals surface area contributed by atoms with Gasteiger partial charge in [0.2, 0.25) is 0 Å². The van der Waals surface area contributed by atoms with E-state index in [-0.39, 0.29) is 5.41 Å². The summed E-state index contributed by atoms with van der Waals surface area (Å²) in [5.41, 5.74) is -0.0407. The minimum Gasteiger partial charge on any atom is -0.299 e. The fourth-order valence-corrected chi connectivity index (χ4v) is 4.95. The van der Waals surface area contributed by atoms with Gasteiger partial charge in [0.05, 0.1) is 0 Å². The lowest BCUT2D eigenvalue weighted by Crippen LogP contribution is -2.50. The Labute approximate surface area is 120 Å². The van der Waals surface area contributed by atoms with Crippen LogP contribution in [0.25, 0.3) is 0 Å². The van der Waals surface area contributed by atoms with E-state index >= 15 is 0 Å². The molecule has 4 unspecified atom stereocenters. The summed E-state index contributed by atoms with van der Waals surface area (Å²) >= 11 is 0. The molecule has 1 aliphatic rings. The summed E-state index contributed by atoms with van der Waals surface area (Å²) in [6.07, 6.45) is 7.39. The molecule has 0 aromatic heterocycles. The van der Waals surface area contributed by atoms with Crippen LogP contribution in [0.3, 0.4) is 0 Å². The van der Waals surface area contributed by atoms with Crippen molar-refractivity contribution in [1.82, 2.24) is 0 Å². The second-order valence-corrected chi connectivity index (χ2v) is 7.12. The molecule has 0 aliphatic heterocycles. The average Bonchev–Trinajstić information content (AvgIpc) is 2.37. The lowest BCUT2D eigenvalue weighted by atomic mass is 9.51. The molecule has 4 atom stereocenters. The fourth-order valence-electron chi connectivity index (χ4n) is 4.95. The second-order valence-electron chi connectivity index (χ2n) is 7.12. The predicted molar refractivity (Wildman–Crippen MR) is 83.1 cm³/mol. The molecule has 19 heavy (non-hydrogen) atoms. The molecule has 112 valence electrons. The topological polar surface area (TPSA) is 17.1 Å². The quantitative estimate of drug-likeness (QED) is 0.622. The maximum atomic E-state index is 12.6. The van der Waals surface area contributed by atoms with Crippen LogP contribution in [-0.4, -0.2) is 5.78 Å². The molecule has 1 aliphatic carbocycles. The Hall–Kier alpha value is -0.330. The van der Waals surface area contributed by atoms with E-state index in [1.165, 1.54) is 25.7 Å². The summed E-state index contributed by atoms with van der Waals surface area (Å²) in [5.74, 6) is 2.96. The number of Topliss-reactive ketones (excluding diaryl/α,β-unsaturated/α-hetero) is 1. The van der Waals surface area contributed by atoms with Crippen molar-refractivity contribution in [3.8, 4) is 0 Å². The maximum Gasteiger partial charge on any atom is 0.136 e. The minimum absolute atomic E-state index is 0.0407. The van der Waals surface area contributed by atoms with Gasteiger partial charge in [-0.25, -0.2) is 0 Å². The second kappa shape index (κ2) is 6.90. The van der Waals surface area contributed by atoms with Crippen LogP contribution in [0.1, 0.15) is 80.1 Å². The van der Waals surface area contributed by atoms with E-state index in [0.717, 1.165) is 18.8 Å². The Morgan fingerprint density at radius 3 is 2.32 bits per heavy atom. The summed E-state index contributed by atoms with van der Waals surface area (Å²) in [5, 5.41) is 0. The number of carbonyl (C=O) groups is 1. The summed E-state index contributed by atoms with van der Waals surface area (Å²) in [7, 11) is 0. The summed E-state index contributed by atoms with van der Waals surface area (Å²) in [6, 6.07) is 0. The third kappa shape index (κ3) is 3.06. The van der Waals surface area contributed by atoms with Gasteiger partial charge in [-0.05, 0) is 37.0 Å². The molecule has 0 amide bonds. The Balaban J connectivity index is 3.19. The van der Waals surface area contributed by atoms with Crippen molar-refractivity contribution in [3.05, 3.63) is 0 Å². The van der Waals surface area contributed by atoms with Crippen LogP contribution >= 0.6 is 0 Å². The summed E-state index contributed by atoms with van der Waals surface area (Å²) < 4.78 is 0. The summed E-state index contributed by atoms with van der Waals surface area (Å²) in [4.78, 5) is 12.6. The van der Waals surface area contributed by atoms with E-state index in [1.54, 1.807) is 0 Å². The first-order chi connectivity index (χ1) is 8.91. The standard InChI is InChI=1S/C18H34O/c1-7-10-16-11-9-12-18(15(6)19,14(5)8-2)17(16)13(3)4/h13-14,16-17H,7-12H2,1-6H3. The van der Waals surface area contributed by atoms with E-state index in [1.807, 2.05) is 6.92 Å². The van der Waals surface area contributed by atoms with Crippen LogP contribution in [0, 0.1) is 29.1 Å². The normalized spacial score (nSPS) is 33.4. The molecule has 1 rings (SSSR count). The van der Waals surface area contributed by atoms with E-state index in [2.05, 4.69) is 34.6 Å². The summed E-state index contributed by atoms with van der Waals surface area (Å²) in [6.45, 7) is 13.4. The van der Waals surface area contributed by atoms with Crippen molar-refractivity contribution in [2.24, 2.45) is 29.1 Å². The monoisotopic (exact) mass is 266 g/mol. The van der Waals surface area contributed by atoms with Gasteiger partial charge in [-0.2, -0.15) is 0 Å². The molecule has 1 heteroatoms. The van der Waals surface area contributed by atoms with Gasteiger partial charge in [0, 0.05) is 5.41 Å². The zero-order valence-electron chi connectivity index (χ0n) is 14.0. The lowest BCUT2D eigenvalue weighted by Gasteiger charge is -2.52. The first kappa shape index (κ1) is 16.7. The van der Waals surface area contributed by atoms with Gasteiger partial charge < -0.3 is 0 Å². The Kier molecular flexibility index (Phi) is 6.08. The zero-order valence-corrected chi connectivity index (χ0v) is 14.0. The van der Waals surface area contributed by atoms with Crippen molar-refractivity contribution in [3.63, 3.8) is 0 Å². The van der Waals surface area contributed by atoms with Crippen molar-refractivity contribution >= 4 is 5.78 Å². The highest BCUT2D eigenvalue weighted by Gasteiger charge is 2.51. The van der Waals surface area contributed by atoms with E-state index < -0.39 is 0 Å². The van der Waals surface area contributed by atoms with Gasteiger partial charge in [-0.3, -0.25) is 4.79 Å². The molecule has 0 heterocycles. The third-order valence-electron chi connectivity index (χ3n) is 5.79. The SMILES string of the molecule is CCCC1CCCC(C(C)=O)(C(C)CC)C1C(C)C. The molecule has 0 aromatic rings. The Bertz CT molecular complexity index is 292. The van der Waals surface area contributed by atoms with E-state index in [9.17, 15) is 4.79 Å². The van der Waals surface area contributed by atoms with Crippen LogP contribution in [0.2, 0.25) is 0 Å². The minimum atomic E-state index is -0.0407. The molecule has 0 aromatic carbocycles. The number of ketones is 1. The van der Waals surface area contributed by atoms with Gasteiger partial charge >= 0.3 is 0 Å². The Morgan fingerprint density at radius 2 is 1.89 bits per heavy atom. The molecular weight excluding hydrogens is 232 g/mol. The van der Waals surface area contributed by atoms with Crippen molar-refractivity contribution < 1.29 is 4.79 Å². The average molecular weight is 266 g/mol. The fraction of sp³-hybridized carbons (Fsp3) is 0.944. The van der Waals surface area contributed by atoms with Gasteiger partial charge in [0.25, 0.3) is 0 Å². The largest absolute Gasteiger partial charge is 0.299 e. The highest BCUT2D eigenvalue weighted by atomic mass is 16.1. The molecule has 1 saturated carbocycles. The first-order valence-corrected chi connectivity index (χ1v) is 8.42. The van der Waals surface area contributed by atoms with Crippen LogP contribution in [0.5, 0.6) is 0 Å². The highest BCUT2D eigenvalue weighted by Crippen LogP contribution is 2.54. The highest BCUT2D eigenvalue weighted by molar-refractivity contribution is 5.83. The van der Waals surface area contributed by atoms with Gasteiger partial charge in [-0.15, -0.1) is 0 Å². The van der Waals surface area contributed by atoms with E-state index in [0.29, 0.717) is 23.5 Å². The van der Waals surface area contributed by atoms with Gasteiger partial charge in [-0.1, -0.05) is 66.7 Å². The molecule has 1 nitrogen and oxygen atoms in total. The predicted octanol–water partition coefficient (Wildman–Crippen LogP) is 5.48. The zero-order chi connectivity index (χ0) is 14.6.